The van der Waals surface area contributed by atoms with E-state index >= 15 is 0 Å². The molecule has 0 radical (unpaired) electrons. The Hall–Kier alpha value is -3.22. The molecule has 6 nitrogen and oxygen atoms in total. The lowest BCUT2D eigenvalue weighted by molar-refractivity contribution is 0.541. The van der Waals surface area contributed by atoms with Gasteiger partial charge in [0.05, 0.1) is 12.4 Å². The highest BCUT2D eigenvalue weighted by molar-refractivity contribution is 5.67. The Bertz CT molecular complexity index is 1280. The second-order valence-electron chi connectivity index (χ2n) is 9.50. The summed E-state index contributed by atoms with van der Waals surface area (Å²) in [7, 11) is 0. The third kappa shape index (κ3) is 5.45. The smallest absolute Gasteiger partial charge is 0.0568 e. The molecular weight excluding hydrogens is 444 g/mol. The van der Waals surface area contributed by atoms with Crippen LogP contribution in [0.3, 0.4) is 0 Å². The molecule has 2 atom stereocenters. The van der Waals surface area contributed by atoms with E-state index in [0.29, 0.717) is 12.1 Å². The molecule has 190 valence electrons. The Morgan fingerprint density at radius 3 is 1.78 bits per heavy atom. The molecule has 4 N–H and O–H groups in total. The number of aromatic amines is 2. The van der Waals surface area contributed by atoms with Gasteiger partial charge in [0, 0.05) is 34.6 Å². The predicted octanol–water partition coefficient (Wildman–Crippen LogP) is 6.21. The van der Waals surface area contributed by atoms with Crippen LogP contribution in [0.4, 0.5) is 0 Å². The summed E-state index contributed by atoms with van der Waals surface area (Å²) in [5.41, 5.74) is 13.0. The van der Waals surface area contributed by atoms with Gasteiger partial charge in [-0.15, -0.1) is 0 Å². The second-order valence-corrected chi connectivity index (χ2v) is 9.50. The molecule has 36 heavy (non-hydrogen) atoms. The van der Waals surface area contributed by atoms with Crippen molar-refractivity contribution in [3.05, 3.63) is 82.4 Å². The molecule has 0 spiro atoms. The molecule has 2 aliphatic heterocycles. The van der Waals surface area contributed by atoms with Gasteiger partial charge in [-0.1, -0.05) is 44.2 Å². The lowest BCUT2D eigenvalue weighted by atomic mass is 9.92. The summed E-state index contributed by atoms with van der Waals surface area (Å²) >= 11 is 0. The zero-order valence-corrected chi connectivity index (χ0v) is 22.5. The van der Waals surface area contributed by atoms with Gasteiger partial charge in [0.2, 0.25) is 0 Å². The van der Waals surface area contributed by atoms with E-state index in [4.69, 9.17) is 0 Å². The van der Waals surface area contributed by atoms with Crippen LogP contribution in [-0.4, -0.2) is 33.5 Å². The summed E-state index contributed by atoms with van der Waals surface area (Å²) < 4.78 is 0. The van der Waals surface area contributed by atoms with Crippen molar-refractivity contribution in [2.24, 2.45) is 0 Å². The van der Waals surface area contributed by atoms with Crippen LogP contribution in [0.25, 0.3) is 22.3 Å². The van der Waals surface area contributed by atoms with Crippen molar-refractivity contribution in [1.29, 1.82) is 0 Å². The molecule has 4 aromatic rings. The van der Waals surface area contributed by atoms with Crippen molar-refractivity contribution in [1.82, 2.24) is 31.0 Å². The Balaban J connectivity index is 0.000000158. The van der Waals surface area contributed by atoms with Crippen molar-refractivity contribution in [3.8, 4) is 22.3 Å². The maximum atomic E-state index is 4.09. The highest BCUT2D eigenvalue weighted by Gasteiger charge is 2.18. The SMILES string of the molecule is CC.Cc1[nH]ncc1-c1ccc2c(c1)C(C)NCC2.Cc1[nH]ncc1-c1ccc2c(c1)CCNC2C. The van der Waals surface area contributed by atoms with Gasteiger partial charge in [-0.2, -0.15) is 10.2 Å². The number of fused-ring (bicyclic) bond motifs is 2. The number of aromatic nitrogens is 4. The van der Waals surface area contributed by atoms with E-state index in [9.17, 15) is 0 Å². The van der Waals surface area contributed by atoms with E-state index in [-0.39, 0.29) is 0 Å². The first kappa shape index (κ1) is 25.9. The first-order chi connectivity index (χ1) is 17.5. The van der Waals surface area contributed by atoms with Gasteiger partial charge in [-0.25, -0.2) is 0 Å². The zero-order chi connectivity index (χ0) is 25.7. The van der Waals surface area contributed by atoms with Crippen molar-refractivity contribution >= 4 is 0 Å². The minimum absolute atomic E-state index is 0.450. The Morgan fingerprint density at radius 2 is 1.19 bits per heavy atom. The van der Waals surface area contributed by atoms with E-state index < -0.39 is 0 Å². The van der Waals surface area contributed by atoms with Crippen LogP contribution in [0.1, 0.15) is 73.4 Å². The number of rotatable bonds is 2. The van der Waals surface area contributed by atoms with Crippen LogP contribution >= 0.6 is 0 Å². The molecule has 0 aliphatic carbocycles. The molecule has 2 aromatic carbocycles. The minimum Gasteiger partial charge on any atom is -0.310 e. The van der Waals surface area contributed by atoms with Crippen LogP contribution in [0.2, 0.25) is 0 Å². The summed E-state index contributed by atoms with van der Waals surface area (Å²) in [6, 6.07) is 14.4. The number of aryl methyl sites for hydroxylation is 2. The molecule has 2 aliphatic rings. The topological polar surface area (TPSA) is 81.4 Å². The van der Waals surface area contributed by atoms with E-state index in [1.807, 2.05) is 26.2 Å². The summed E-state index contributed by atoms with van der Waals surface area (Å²) in [6.45, 7) is 14.7. The Labute approximate surface area is 215 Å². The number of H-pyrrole nitrogens is 2. The first-order valence-electron chi connectivity index (χ1n) is 13.2. The first-order valence-corrected chi connectivity index (χ1v) is 13.2. The van der Waals surface area contributed by atoms with Gasteiger partial charge in [0.25, 0.3) is 0 Å². The van der Waals surface area contributed by atoms with Crippen LogP contribution < -0.4 is 10.6 Å². The second kappa shape index (κ2) is 11.7. The fourth-order valence-corrected chi connectivity index (χ4v) is 5.16. The van der Waals surface area contributed by atoms with Gasteiger partial charge >= 0.3 is 0 Å². The molecule has 0 fully saturated rings. The highest BCUT2D eigenvalue weighted by Crippen LogP contribution is 2.30. The van der Waals surface area contributed by atoms with Crippen LogP contribution in [-0.2, 0) is 12.8 Å². The zero-order valence-electron chi connectivity index (χ0n) is 22.5. The molecule has 6 rings (SSSR count). The number of nitrogens with zero attached hydrogens (tertiary/aromatic N) is 2. The third-order valence-corrected chi connectivity index (χ3v) is 7.19. The molecule has 2 unspecified atom stereocenters. The maximum Gasteiger partial charge on any atom is 0.0568 e. The number of benzene rings is 2. The lowest BCUT2D eigenvalue weighted by Gasteiger charge is -2.24. The number of hydrogen-bond donors (Lipinski definition) is 4. The van der Waals surface area contributed by atoms with Crippen molar-refractivity contribution < 1.29 is 0 Å². The number of hydrogen-bond acceptors (Lipinski definition) is 4. The van der Waals surface area contributed by atoms with Gasteiger partial charge in [0.1, 0.15) is 0 Å². The molecule has 6 heteroatoms. The average molecular weight is 485 g/mol. The molecule has 4 heterocycles. The summed E-state index contributed by atoms with van der Waals surface area (Å²) in [6.07, 6.45) is 6.05. The van der Waals surface area contributed by atoms with E-state index in [1.54, 1.807) is 0 Å². The van der Waals surface area contributed by atoms with Crippen LogP contribution in [0, 0.1) is 13.8 Å². The molecular formula is C30H40N6. The lowest BCUT2D eigenvalue weighted by Crippen LogP contribution is -2.27. The van der Waals surface area contributed by atoms with Gasteiger partial charge in [-0.3, -0.25) is 10.2 Å². The molecule has 0 saturated heterocycles. The van der Waals surface area contributed by atoms with E-state index in [2.05, 4.69) is 95.1 Å². The van der Waals surface area contributed by atoms with Gasteiger partial charge in [-0.05, 0) is 93.1 Å². The molecule has 2 aromatic heterocycles. The predicted molar refractivity (Wildman–Crippen MR) is 149 cm³/mol. The maximum absolute atomic E-state index is 4.09. The Kier molecular flexibility index (Phi) is 8.39. The van der Waals surface area contributed by atoms with Crippen LogP contribution in [0.15, 0.2) is 48.8 Å². The van der Waals surface area contributed by atoms with Gasteiger partial charge in [0.15, 0.2) is 0 Å². The minimum atomic E-state index is 0.450. The van der Waals surface area contributed by atoms with Crippen LogP contribution in [0.5, 0.6) is 0 Å². The van der Waals surface area contributed by atoms with Crippen molar-refractivity contribution in [3.63, 3.8) is 0 Å². The fraction of sp³-hybridized carbons (Fsp3) is 0.400. The van der Waals surface area contributed by atoms with Gasteiger partial charge < -0.3 is 10.6 Å². The normalized spacial score (nSPS) is 18.2. The largest absolute Gasteiger partial charge is 0.310 e. The summed E-state index contributed by atoms with van der Waals surface area (Å²) in [5.74, 6) is 0. The highest BCUT2D eigenvalue weighted by atomic mass is 15.1. The average Bonchev–Trinajstić information content (AvgIpc) is 3.53. The monoisotopic (exact) mass is 484 g/mol. The summed E-state index contributed by atoms with van der Waals surface area (Å²) in [5, 5.41) is 21.1. The number of nitrogens with one attached hydrogen (secondary N) is 4. The molecule has 0 amide bonds. The van der Waals surface area contributed by atoms with E-state index in [0.717, 1.165) is 37.3 Å². The van der Waals surface area contributed by atoms with Crippen molar-refractivity contribution in [2.45, 2.75) is 66.5 Å². The molecule has 0 bridgehead atoms. The fourth-order valence-electron chi connectivity index (χ4n) is 5.16. The standard InChI is InChI=1S/2C14H17N3.C2H6/c1-9-13-4-3-11(7-12(13)5-6-15-9)14-8-16-17-10(14)2;1-9-13-7-12(14-8-16-17-10(14)2)4-3-11(13)5-6-15-9;1-2/h2*3-4,7-9,15H,5-6H2,1-2H3,(H,16,17);1-2H3. The quantitative estimate of drug-likeness (QED) is 0.273. The molecule has 0 saturated carbocycles. The van der Waals surface area contributed by atoms with E-state index in [1.165, 1.54) is 44.5 Å². The third-order valence-electron chi connectivity index (χ3n) is 7.19. The summed E-state index contributed by atoms with van der Waals surface area (Å²) in [4.78, 5) is 0. The van der Waals surface area contributed by atoms with Crippen molar-refractivity contribution in [2.75, 3.05) is 13.1 Å². The Morgan fingerprint density at radius 1 is 0.667 bits per heavy atom.